The zero-order valence-corrected chi connectivity index (χ0v) is 14.5. The van der Waals surface area contributed by atoms with Gasteiger partial charge in [0.1, 0.15) is 18.3 Å². The summed E-state index contributed by atoms with van der Waals surface area (Å²) in [5, 5.41) is 9.17. The van der Waals surface area contributed by atoms with Crippen LogP contribution >= 0.6 is 0 Å². The third kappa shape index (κ3) is 8.27. The first kappa shape index (κ1) is 21.6. The summed E-state index contributed by atoms with van der Waals surface area (Å²) in [6.07, 6.45) is 3.62. The van der Waals surface area contributed by atoms with Gasteiger partial charge in [0.25, 0.3) is 0 Å². The minimum atomic E-state index is -0.438. The molecule has 5 heteroatoms. The van der Waals surface area contributed by atoms with Crippen LogP contribution < -0.4 is 0 Å². The van der Waals surface area contributed by atoms with Crippen molar-refractivity contribution in [2.24, 2.45) is 5.92 Å². The van der Waals surface area contributed by atoms with Gasteiger partial charge in [-0.1, -0.05) is 32.1 Å². The van der Waals surface area contributed by atoms with E-state index in [0.29, 0.717) is 24.6 Å². The lowest BCUT2D eigenvalue weighted by molar-refractivity contribution is -0.144. The number of rotatable bonds is 9. The van der Waals surface area contributed by atoms with E-state index in [9.17, 15) is 19.5 Å². The standard InChI is InChI=1S/C17H20O5.C2H6/c1-2-14(12-19)15(7-9-18)11-17(21)22-10-8-13-3-5-16(20)6-4-13;1-2/h2-6,9,12,15,20H,7-8,10-11H2,1H3;1-2H3/b14-2-;/t15-;/m0./s1. The third-order valence-corrected chi connectivity index (χ3v) is 3.32. The molecule has 24 heavy (non-hydrogen) atoms. The molecule has 0 aliphatic heterocycles. The van der Waals surface area contributed by atoms with Crippen LogP contribution in [0.2, 0.25) is 0 Å². The Morgan fingerprint density at radius 2 is 1.83 bits per heavy atom. The highest BCUT2D eigenvalue weighted by Crippen LogP contribution is 2.18. The monoisotopic (exact) mass is 334 g/mol. The summed E-state index contributed by atoms with van der Waals surface area (Å²) >= 11 is 0. The molecule has 0 aliphatic rings. The molecular formula is C19H26O5. The summed E-state index contributed by atoms with van der Waals surface area (Å²) in [5.74, 6) is -0.682. The summed E-state index contributed by atoms with van der Waals surface area (Å²) < 4.78 is 5.13. The highest BCUT2D eigenvalue weighted by atomic mass is 16.5. The summed E-state index contributed by atoms with van der Waals surface area (Å²) in [7, 11) is 0. The lowest BCUT2D eigenvalue weighted by Crippen LogP contribution is -2.16. The van der Waals surface area contributed by atoms with Gasteiger partial charge < -0.3 is 14.6 Å². The molecule has 0 heterocycles. The lowest BCUT2D eigenvalue weighted by Gasteiger charge is -2.13. The fraction of sp³-hybridized carbons (Fsp3) is 0.421. The minimum absolute atomic E-state index is 0.00668. The number of ether oxygens (including phenoxy) is 1. The zero-order chi connectivity index (χ0) is 18.4. The van der Waals surface area contributed by atoms with Crippen LogP contribution in [0.15, 0.2) is 35.9 Å². The first-order chi connectivity index (χ1) is 11.6. The van der Waals surface area contributed by atoms with Gasteiger partial charge in [-0.25, -0.2) is 0 Å². The van der Waals surface area contributed by atoms with Gasteiger partial charge in [-0.05, 0) is 30.2 Å². The molecule has 0 unspecified atom stereocenters. The van der Waals surface area contributed by atoms with Crippen molar-refractivity contribution < 1.29 is 24.2 Å². The quantitative estimate of drug-likeness (QED) is 0.426. The van der Waals surface area contributed by atoms with Crippen molar-refractivity contribution in [2.45, 2.75) is 40.0 Å². The molecule has 0 fully saturated rings. The summed E-state index contributed by atoms with van der Waals surface area (Å²) in [5.41, 5.74) is 1.37. The summed E-state index contributed by atoms with van der Waals surface area (Å²) in [6, 6.07) is 6.64. The van der Waals surface area contributed by atoms with Crippen LogP contribution in [0, 0.1) is 5.92 Å². The maximum atomic E-state index is 11.8. The Hall–Kier alpha value is -2.43. The van der Waals surface area contributed by atoms with Crippen LogP contribution in [0.25, 0.3) is 0 Å². The van der Waals surface area contributed by atoms with Crippen molar-refractivity contribution >= 4 is 18.5 Å². The molecule has 132 valence electrons. The van der Waals surface area contributed by atoms with Crippen molar-refractivity contribution in [1.29, 1.82) is 0 Å². The Kier molecular flexibility index (Phi) is 11.7. The minimum Gasteiger partial charge on any atom is -0.508 e. The van der Waals surface area contributed by atoms with Crippen LogP contribution in [-0.4, -0.2) is 30.3 Å². The lowest BCUT2D eigenvalue weighted by atomic mass is 9.93. The number of carbonyl (C=O) groups excluding carboxylic acids is 3. The Bertz CT molecular complexity index is 531. The van der Waals surface area contributed by atoms with Crippen LogP contribution in [0.1, 0.15) is 39.2 Å². The molecule has 1 aromatic carbocycles. The average molecular weight is 334 g/mol. The van der Waals surface area contributed by atoms with E-state index in [1.807, 2.05) is 13.8 Å². The van der Waals surface area contributed by atoms with Crippen LogP contribution in [-0.2, 0) is 25.5 Å². The number of phenols is 1. The number of esters is 1. The van der Waals surface area contributed by atoms with Gasteiger partial charge >= 0.3 is 5.97 Å². The summed E-state index contributed by atoms with van der Waals surface area (Å²) in [6.45, 7) is 5.90. The van der Waals surface area contributed by atoms with Crippen LogP contribution in [0.5, 0.6) is 5.75 Å². The predicted octanol–water partition coefficient (Wildman–Crippen LogP) is 3.24. The van der Waals surface area contributed by atoms with Crippen molar-refractivity contribution in [1.82, 2.24) is 0 Å². The first-order valence-corrected chi connectivity index (χ1v) is 8.09. The molecule has 5 nitrogen and oxygen atoms in total. The number of aromatic hydroxyl groups is 1. The van der Waals surface area contributed by atoms with E-state index in [1.165, 1.54) is 0 Å². The van der Waals surface area contributed by atoms with Gasteiger partial charge in [-0.15, -0.1) is 0 Å². The highest BCUT2D eigenvalue weighted by Gasteiger charge is 2.18. The third-order valence-electron chi connectivity index (χ3n) is 3.32. The van der Waals surface area contributed by atoms with Gasteiger partial charge in [-0.3, -0.25) is 9.59 Å². The molecule has 0 amide bonds. The Morgan fingerprint density at radius 1 is 1.21 bits per heavy atom. The highest BCUT2D eigenvalue weighted by molar-refractivity contribution is 5.78. The first-order valence-electron chi connectivity index (χ1n) is 8.09. The maximum absolute atomic E-state index is 11.8. The molecule has 1 rings (SSSR count). The predicted molar refractivity (Wildman–Crippen MR) is 92.7 cm³/mol. The van der Waals surface area contributed by atoms with E-state index >= 15 is 0 Å². The molecule has 1 atom stereocenters. The molecule has 0 saturated heterocycles. The second-order valence-electron chi connectivity index (χ2n) is 4.85. The van der Waals surface area contributed by atoms with E-state index < -0.39 is 11.9 Å². The number of benzene rings is 1. The number of hydrogen-bond donors (Lipinski definition) is 1. The Labute approximate surface area is 143 Å². The van der Waals surface area contributed by atoms with Crippen molar-refractivity contribution in [2.75, 3.05) is 6.61 Å². The Balaban J connectivity index is 0.00000254. The topological polar surface area (TPSA) is 80.7 Å². The SMILES string of the molecule is C/C=C(/C=O)[C@@H](CC=O)CC(=O)OCCc1ccc(O)cc1.CC. The van der Waals surface area contributed by atoms with Gasteiger partial charge in [0.15, 0.2) is 0 Å². The van der Waals surface area contributed by atoms with Crippen molar-refractivity contribution in [3.05, 3.63) is 41.5 Å². The molecule has 0 saturated carbocycles. The molecule has 0 radical (unpaired) electrons. The molecule has 1 N–H and O–H groups in total. The fourth-order valence-corrected chi connectivity index (χ4v) is 2.06. The van der Waals surface area contributed by atoms with E-state index in [0.717, 1.165) is 5.56 Å². The molecular weight excluding hydrogens is 308 g/mol. The molecule has 0 aromatic heterocycles. The summed E-state index contributed by atoms with van der Waals surface area (Å²) in [4.78, 5) is 33.3. The van der Waals surface area contributed by atoms with Gasteiger partial charge in [0.05, 0.1) is 13.0 Å². The zero-order valence-electron chi connectivity index (χ0n) is 14.5. The van der Waals surface area contributed by atoms with Crippen LogP contribution in [0.3, 0.4) is 0 Å². The van der Waals surface area contributed by atoms with Crippen molar-refractivity contribution in [3.63, 3.8) is 0 Å². The van der Waals surface area contributed by atoms with E-state index in [1.54, 1.807) is 37.3 Å². The molecule has 0 spiro atoms. The van der Waals surface area contributed by atoms with E-state index in [2.05, 4.69) is 0 Å². The normalized spacial score (nSPS) is 11.7. The number of hydrogen-bond acceptors (Lipinski definition) is 5. The smallest absolute Gasteiger partial charge is 0.306 e. The second-order valence-corrected chi connectivity index (χ2v) is 4.85. The number of allylic oxidation sites excluding steroid dienone is 2. The number of carbonyl (C=O) groups is 3. The molecule has 0 bridgehead atoms. The number of phenolic OH excluding ortho intramolecular Hbond substituents is 1. The van der Waals surface area contributed by atoms with Crippen LogP contribution in [0.4, 0.5) is 0 Å². The number of aldehydes is 2. The van der Waals surface area contributed by atoms with E-state index in [4.69, 9.17) is 4.74 Å². The molecule has 0 aliphatic carbocycles. The largest absolute Gasteiger partial charge is 0.508 e. The Morgan fingerprint density at radius 3 is 2.33 bits per heavy atom. The van der Waals surface area contributed by atoms with Gasteiger partial charge in [0, 0.05) is 18.8 Å². The fourth-order valence-electron chi connectivity index (χ4n) is 2.06. The van der Waals surface area contributed by atoms with Crippen molar-refractivity contribution in [3.8, 4) is 5.75 Å². The second kappa shape index (κ2) is 13.0. The average Bonchev–Trinajstić information content (AvgIpc) is 2.59. The molecule has 1 aromatic rings. The van der Waals surface area contributed by atoms with Gasteiger partial charge in [-0.2, -0.15) is 0 Å². The maximum Gasteiger partial charge on any atom is 0.306 e. The van der Waals surface area contributed by atoms with Gasteiger partial charge in [0.2, 0.25) is 0 Å². The van der Waals surface area contributed by atoms with E-state index in [-0.39, 0.29) is 25.2 Å².